The van der Waals surface area contributed by atoms with Crippen LogP contribution < -0.4 is 5.32 Å². The molecule has 184 valence electrons. The second-order valence-electron chi connectivity index (χ2n) is 8.16. The highest BCUT2D eigenvalue weighted by Gasteiger charge is 2.35. The van der Waals surface area contributed by atoms with Gasteiger partial charge in [0.15, 0.2) is 5.13 Å². The number of imide groups is 1. The Morgan fingerprint density at radius 3 is 2.26 bits per heavy atom. The molecular formula is C24H26N4O5S2. The SMILES string of the molecule is CCCN(CCC)S(=O)(=O)c1ccc2nc(NC(=O)CCN3C(=O)c4ccccc4C3=O)sc2c1. The van der Waals surface area contributed by atoms with Crippen molar-refractivity contribution in [1.29, 1.82) is 0 Å². The molecule has 1 N–H and O–H groups in total. The van der Waals surface area contributed by atoms with Crippen molar-refractivity contribution < 1.29 is 22.8 Å². The van der Waals surface area contributed by atoms with Crippen molar-refractivity contribution in [3.05, 3.63) is 53.6 Å². The molecule has 0 unspecified atom stereocenters. The van der Waals surface area contributed by atoms with Crippen molar-refractivity contribution in [2.24, 2.45) is 0 Å². The van der Waals surface area contributed by atoms with Crippen LogP contribution in [0.5, 0.6) is 0 Å². The van der Waals surface area contributed by atoms with Crippen LogP contribution in [0.3, 0.4) is 0 Å². The van der Waals surface area contributed by atoms with E-state index in [1.807, 2.05) is 13.8 Å². The lowest BCUT2D eigenvalue weighted by atomic mass is 10.1. The summed E-state index contributed by atoms with van der Waals surface area (Å²) in [6.07, 6.45) is 1.36. The molecule has 2 heterocycles. The number of aromatic nitrogens is 1. The average molecular weight is 515 g/mol. The summed E-state index contributed by atoms with van der Waals surface area (Å²) in [6, 6.07) is 11.3. The number of nitrogens with zero attached hydrogens (tertiary/aromatic N) is 3. The highest BCUT2D eigenvalue weighted by Crippen LogP contribution is 2.30. The Bertz CT molecular complexity index is 1360. The second kappa shape index (κ2) is 10.2. The number of amides is 3. The number of hydrogen-bond acceptors (Lipinski definition) is 7. The van der Waals surface area contributed by atoms with Gasteiger partial charge in [-0.25, -0.2) is 13.4 Å². The number of fused-ring (bicyclic) bond motifs is 2. The molecule has 0 fully saturated rings. The number of thiazole rings is 1. The first-order valence-corrected chi connectivity index (χ1v) is 13.7. The lowest BCUT2D eigenvalue weighted by Crippen LogP contribution is -2.32. The van der Waals surface area contributed by atoms with Gasteiger partial charge in [0, 0.05) is 26.1 Å². The summed E-state index contributed by atoms with van der Waals surface area (Å²) in [5.74, 6) is -1.22. The lowest BCUT2D eigenvalue weighted by Gasteiger charge is -2.20. The van der Waals surface area contributed by atoms with Gasteiger partial charge >= 0.3 is 0 Å². The lowest BCUT2D eigenvalue weighted by molar-refractivity contribution is -0.116. The zero-order chi connectivity index (χ0) is 25.2. The van der Waals surface area contributed by atoms with Gasteiger partial charge in [0.2, 0.25) is 15.9 Å². The van der Waals surface area contributed by atoms with Gasteiger partial charge in [-0.3, -0.25) is 19.3 Å². The molecule has 0 aliphatic carbocycles. The molecule has 2 aromatic carbocycles. The minimum atomic E-state index is -3.63. The molecule has 1 aliphatic heterocycles. The first-order chi connectivity index (χ1) is 16.8. The summed E-state index contributed by atoms with van der Waals surface area (Å²) in [7, 11) is -3.63. The summed E-state index contributed by atoms with van der Waals surface area (Å²) < 4.78 is 28.3. The molecule has 3 aromatic rings. The Morgan fingerprint density at radius 1 is 1.03 bits per heavy atom. The Morgan fingerprint density at radius 2 is 1.66 bits per heavy atom. The zero-order valence-corrected chi connectivity index (χ0v) is 21.1. The summed E-state index contributed by atoms with van der Waals surface area (Å²) in [6.45, 7) is 4.73. The van der Waals surface area contributed by atoms with Gasteiger partial charge in [-0.15, -0.1) is 0 Å². The van der Waals surface area contributed by atoms with E-state index in [2.05, 4.69) is 10.3 Å². The molecule has 0 radical (unpaired) electrons. The van der Waals surface area contributed by atoms with Crippen molar-refractivity contribution in [1.82, 2.24) is 14.2 Å². The Labute approximate surface area is 207 Å². The molecule has 9 nitrogen and oxygen atoms in total. The molecule has 1 aromatic heterocycles. The van der Waals surface area contributed by atoms with Crippen molar-refractivity contribution in [2.75, 3.05) is 25.0 Å². The number of benzene rings is 2. The van der Waals surface area contributed by atoms with Crippen LogP contribution in [0, 0.1) is 0 Å². The van der Waals surface area contributed by atoms with E-state index in [0.29, 0.717) is 39.6 Å². The van der Waals surface area contributed by atoms with E-state index >= 15 is 0 Å². The number of nitrogens with one attached hydrogen (secondary N) is 1. The van der Waals surface area contributed by atoms with Gasteiger partial charge in [-0.1, -0.05) is 37.3 Å². The molecule has 11 heteroatoms. The van der Waals surface area contributed by atoms with E-state index in [-0.39, 0.29) is 17.9 Å². The van der Waals surface area contributed by atoms with Crippen LogP contribution in [0.25, 0.3) is 10.2 Å². The average Bonchev–Trinajstić information content (AvgIpc) is 3.35. The molecule has 0 saturated heterocycles. The van der Waals surface area contributed by atoms with E-state index < -0.39 is 27.7 Å². The van der Waals surface area contributed by atoms with Gasteiger partial charge < -0.3 is 5.32 Å². The van der Waals surface area contributed by atoms with Crippen LogP contribution in [0.1, 0.15) is 53.8 Å². The third-order valence-corrected chi connectivity index (χ3v) is 8.46. The molecule has 0 atom stereocenters. The van der Waals surface area contributed by atoms with Crippen LogP contribution in [-0.2, 0) is 14.8 Å². The van der Waals surface area contributed by atoms with E-state index in [4.69, 9.17) is 0 Å². The number of hydrogen-bond donors (Lipinski definition) is 1. The maximum absolute atomic E-state index is 13.1. The summed E-state index contributed by atoms with van der Waals surface area (Å²) >= 11 is 1.17. The predicted octanol–water partition coefficient (Wildman–Crippen LogP) is 3.73. The van der Waals surface area contributed by atoms with Crippen LogP contribution >= 0.6 is 11.3 Å². The minimum absolute atomic E-state index is 0.0455. The smallest absolute Gasteiger partial charge is 0.261 e. The molecule has 3 amide bonds. The molecule has 1 aliphatic rings. The van der Waals surface area contributed by atoms with Gasteiger partial charge in [0.1, 0.15) is 0 Å². The number of carbonyl (C=O) groups excluding carboxylic acids is 3. The molecular weight excluding hydrogens is 488 g/mol. The van der Waals surface area contributed by atoms with Crippen molar-refractivity contribution in [2.45, 2.75) is 38.0 Å². The molecule has 0 spiro atoms. The van der Waals surface area contributed by atoms with Gasteiger partial charge in [0.25, 0.3) is 11.8 Å². The van der Waals surface area contributed by atoms with Crippen LogP contribution in [0.15, 0.2) is 47.4 Å². The highest BCUT2D eigenvalue weighted by molar-refractivity contribution is 7.89. The zero-order valence-electron chi connectivity index (χ0n) is 19.5. The fourth-order valence-corrected chi connectivity index (χ4v) is 6.60. The predicted molar refractivity (Wildman–Crippen MR) is 134 cm³/mol. The van der Waals surface area contributed by atoms with E-state index in [9.17, 15) is 22.8 Å². The largest absolute Gasteiger partial charge is 0.302 e. The monoisotopic (exact) mass is 514 g/mol. The normalized spacial score (nSPS) is 13.6. The van der Waals surface area contributed by atoms with Crippen molar-refractivity contribution >= 4 is 54.4 Å². The van der Waals surface area contributed by atoms with Crippen molar-refractivity contribution in [3.8, 4) is 0 Å². The first kappa shape index (κ1) is 25.0. The number of sulfonamides is 1. The molecule has 35 heavy (non-hydrogen) atoms. The highest BCUT2D eigenvalue weighted by atomic mass is 32.2. The third-order valence-electron chi connectivity index (χ3n) is 5.63. The Balaban J connectivity index is 1.43. The van der Waals surface area contributed by atoms with E-state index in [1.165, 1.54) is 21.7 Å². The summed E-state index contributed by atoms with van der Waals surface area (Å²) in [5.41, 5.74) is 1.25. The van der Waals surface area contributed by atoms with Gasteiger partial charge in [0.05, 0.1) is 26.2 Å². The topological polar surface area (TPSA) is 117 Å². The third kappa shape index (κ3) is 4.97. The van der Waals surface area contributed by atoms with Crippen LogP contribution in [-0.4, -0.2) is 60.0 Å². The summed E-state index contributed by atoms with van der Waals surface area (Å²) in [5, 5.41) is 3.01. The van der Waals surface area contributed by atoms with Crippen molar-refractivity contribution in [3.63, 3.8) is 0 Å². The standard InChI is InChI=1S/C24H26N4O5S2/c1-3-12-27(13-4-2)35(32,33)16-9-10-19-20(15-16)34-24(25-19)26-21(29)11-14-28-22(30)17-7-5-6-8-18(17)23(28)31/h5-10,15H,3-4,11-14H2,1-2H3,(H,25,26,29). The van der Waals surface area contributed by atoms with Gasteiger partial charge in [-0.05, 0) is 43.2 Å². The number of anilines is 1. The van der Waals surface area contributed by atoms with Gasteiger partial charge in [-0.2, -0.15) is 4.31 Å². The quantitative estimate of drug-likeness (QED) is 0.412. The Hall–Kier alpha value is -3.15. The first-order valence-electron chi connectivity index (χ1n) is 11.4. The fourth-order valence-electron chi connectivity index (χ4n) is 3.96. The second-order valence-corrected chi connectivity index (χ2v) is 11.1. The fraction of sp³-hybridized carbons (Fsp3) is 0.333. The van der Waals surface area contributed by atoms with E-state index in [1.54, 1.807) is 36.4 Å². The molecule has 4 rings (SSSR count). The Kier molecular flexibility index (Phi) is 7.29. The molecule has 0 bridgehead atoms. The maximum atomic E-state index is 13.1. The van der Waals surface area contributed by atoms with Crippen LogP contribution in [0.4, 0.5) is 5.13 Å². The summed E-state index contributed by atoms with van der Waals surface area (Å²) in [4.78, 5) is 43.0. The number of carbonyl (C=O) groups is 3. The molecule has 0 saturated carbocycles. The maximum Gasteiger partial charge on any atom is 0.261 e. The van der Waals surface area contributed by atoms with Crippen LogP contribution in [0.2, 0.25) is 0 Å². The van der Waals surface area contributed by atoms with E-state index in [0.717, 1.165) is 17.7 Å². The minimum Gasteiger partial charge on any atom is -0.302 e. The number of rotatable bonds is 10.